The van der Waals surface area contributed by atoms with Gasteiger partial charge < -0.3 is 0 Å². The molecule has 0 spiro atoms. The van der Waals surface area contributed by atoms with Gasteiger partial charge in [-0.2, -0.15) is 5.26 Å². The van der Waals surface area contributed by atoms with Gasteiger partial charge in [0.2, 0.25) is 0 Å². The Morgan fingerprint density at radius 1 is 1.20 bits per heavy atom. The fraction of sp³-hybridized carbons (Fsp3) is 0.278. The van der Waals surface area contributed by atoms with Gasteiger partial charge in [0, 0.05) is 5.56 Å². The second-order valence-electron chi connectivity index (χ2n) is 5.44. The molecule has 1 aliphatic carbocycles. The molecule has 2 aromatic rings. The second-order valence-corrected chi connectivity index (χ2v) is 5.44. The number of halogens is 1. The van der Waals surface area contributed by atoms with Crippen LogP contribution in [0.25, 0.3) is 11.1 Å². The van der Waals surface area contributed by atoms with E-state index in [1.54, 1.807) is 6.07 Å². The third-order valence-electron chi connectivity index (χ3n) is 4.13. The normalized spacial score (nSPS) is 15.7. The summed E-state index contributed by atoms with van der Waals surface area (Å²) in [6.07, 6.45) is 2.62. The highest BCUT2D eigenvalue weighted by atomic mass is 19.1. The first-order chi connectivity index (χ1) is 9.68. The van der Waals surface area contributed by atoms with Crippen LogP contribution in [-0.4, -0.2) is 0 Å². The SMILES string of the molecule is CCc1cccc(-c2ccc(C3(C#N)CC3)cc2F)c1. The fourth-order valence-electron chi connectivity index (χ4n) is 2.60. The van der Waals surface area contributed by atoms with E-state index in [1.807, 2.05) is 30.3 Å². The lowest BCUT2D eigenvalue weighted by Gasteiger charge is -2.10. The molecule has 0 bridgehead atoms. The van der Waals surface area contributed by atoms with Crippen LogP contribution >= 0.6 is 0 Å². The van der Waals surface area contributed by atoms with E-state index >= 15 is 0 Å². The van der Waals surface area contributed by atoms with Gasteiger partial charge in [0.25, 0.3) is 0 Å². The maximum Gasteiger partial charge on any atom is 0.131 e. The Morgan fingerprint density at radius 2 is 2.00 bits per heavy atom. The predicted octanol–water partition coefficient (Wildman–Crippen LogP) is 4.61. The van der Waals surface area contributed by atoms with E-state index in [9.17, 15) is 9.65 Å². The van der Waals surface area contributed by atoms with Crippen LogP contribution in [0.2, 0.25) is 0 Å². The number of hydrogen-bond donors (Lipinski definition) is 0. The molecule has 0 N–H and O–H groups in total. The van der Waals surface area contributed by atoms with E-state index in [0.29, 0.717) is 5.56 Å². The quantitative estimate of drug-likeness (QED) is 0.795. The number of aryl methyl sites for hydroxylation is 1. The molecule has 0 atom stereocenters. The highest BCUT2D eigenvalue weighted by molar-refractivity contribution is 5.66. The van der Waals surface area contributed by atoms with Crippen molar-refractivity contribution in [2.75, 3.05) is 0 Å². The molecule has 3 rings (SSSR count). The largest absolute Gasteiger partial charge is 0.206 e. The summed E-state index contributed by atoms with van der Waals surface area (Å²) >= 11 is 0. The van der Waals surface area contributed by atoms with Crippen molar-refractivity contribution < 1.29 is 4.39 Å². The summed E-state index contributed by atoms with van der Waals surface area (Å²) in [5.74, 6) is -0.239. The van der Waals surface area contributed by atoms with Crippen LogP contribution in [0.4, 0.5) is 4.39 Å². The molecule has 1 fully saturated rings. The van der Waals surface area contributed by atoms with E-state index in [0.717, 1.165) is 30.4 Å². The van der Waals surface area contributed by atoms with E-state index in [-0.39, 0.29) is 5.82 Å². The molecule has 0 aliphatic heterocycles. The van der Waals surface area contributed by atoms with Crippen LogP contribution in [0.15, 0.2) is 42.5 Å². The molecule has 0 heterocycles. The molecular formula is C18H16FN. The van der Waals surface area contributed by atoms with Gasteiger partial charge in [0.1, 0.15) is 5.82 Å². The first kappa shape index (κ1) is 12.9. The third kappa shape index (κ3) is 2.10. The lowest BCUT2D eigenvalue weighted by molar-refractivity contribution is 0.627. The molecule has 100 valence electrons. The highest BCUT2D eigenvalue weighted by Crippen LogP contribution is 2.48. The first-order valence-corrected chi connectivity index (χ1v) is 6.99. The Morgan fingerprint density at radius 3 is 2.60 bits per heavy atom. The van der Waals surface area contributed by atoms with Crippen molar-refractivity contribution in [1.29, 1.82) is 5.26 Å². The summed E-state index contributed by atoms with van der Waals surface area (Å²) in [4.78, 5) is 0. The molecule has 2 aromatic carbocycles. The molecule has 0 radical (unpaired) electrons. The van der Waals surface area contributed by atoms with Gasteiger partial charge in [-0.1, -0.05) is 43.3 Å². The lowest BCUT2D eigenvalue weighted by Crippen LogP contribution is -2.03. The van der Waals surface area contributed by atoms with E-state index in [2.05, 4.69) is 13.0 Å². The van der Waals surface area contributed by atoms with Crippen LogP contribution in [0.5, 0.6) is 0 Å². The van der Waals surface area contributed by atoms with Crippen molar-refractivity contribution in [3.05, 3.63) is 59.4 Å². The molecule has 0 amide bonds. The number of benzene rings is 2. The van der Waals surface area contributed by atoms with Crippen LogP contribution in [0.1, 0.15) is 30.9 Å². The molecule has 1 nitrogen and oxygen atoms in total. The Labute approximate surface area is 118 Å². The summed E-state index contributed by atoms with van der Waals surface area (Å²) in [6, 6.07) is 15.5. The van der Waals surface area contributed by atoms with Crippen molar-refractivity contribution >= 4 is 0 Å². The van der Waals surface area contributed by atoms with Gasteiger partial charge in [-0.15, -0.1) is 0 Å². The minimum atomic E-state index is -0.426. The zero-order chi connectivity index (χ0) is 14.2. The first-order valence-electron chi connectivity index (χ1n) is 6.99. The number of rotatable bonds is 3. The number of nitrogens with zero attached hydrogens (tertiary/aromatic N) is 1. The molecule has 1 saturated carbocycles. The summed E-state index contributed by atoms with van der Waals surface area (Å²) in [7, 11) is 0. The van der Waals surface area contributed by atoms with Gasteiger partial charge in [-0.3, -0.25) is 0 Å². The monoisotopic (exact) mass is 265 g/mol. The molecule has 20 heavy (non-hydrogen) atoms. The molecule has 0 saturated heterocycles. The summed E-state index contributed by atoms with van der Waals surface area (Å²) in [5, 5.41) is 9.18. The second kappa shape index (κ2) is 4.76. The summed E-state index contributed by atoms with van der Waals surface area (Å²) in [5.41, 5.74) is 3.09. The van der Waals surface area contributed by atoms with Gasteiger partial charge in [-0.05, 0) is 42.0 Å². The lowest BCUT2D eigenvalue weighted by atomic mass is 9.94. The Balaban J connectivity index is 2.01. The molecule has 2 heteroatoms. The van der Waals surface area contributed by atoms with E-state index in [1.165, 1.54) is 11.6 Å². The maximum atomic E-state index is 14.4. The smallest absolute Gasteiger partial charge is 0.131 e. The van der Waals surface area contributed by atoms with Crippen molar-refractivity contribution in [2.45, 2.75) is 31.6 Å². The van der Waals surface area contributed by atoms with Gasteiger partial charge in [-0.25, -0.2) is 4.39 Å². The average molecular weight is 265 g/mol. The van der Waals surface area contributed by atoms with Gasteiger partial charge in [0.05, 0.1) is 11.5 Å². The third-order valence-corrected chi connectivity index (χ3v) is 4.13. The van der Waals surface area contributed by atoms with Crippen molar-refractivity contribution in [3.63, 3.8) is 0 Å². The Kier molecular flexibility index (Phi) is 3.06. The highest BCUT2D eigenvalue weighted by Gasteiger charge is 2.45. The van der Waals surface area contributed by atoms with Crippen molar-refractivity contribution in [3.8, 4) is 17.2 Å². The predicted molar refractivity (Wildman–Crippen MR) is 77.7 cm³/mol. The van der Waals surface area contributed by atoms with E-state index < -0.39 is 5.41 Å². The number of nitriles is 1. The van der Waals surface area contributed by atoms with Crippen molar-refractivity contribution in [2.24, 2.45) is 0 Å². The zero-order valence-electron chi connectivity index (χ0n) is 11.5. The van der Waals surface area contributed by atoms with Crippen LogP contribution in [0, 0.1) is 17.1 Å². The fourth-order valence-corrected chi connectivity index (χ4v) is 2.60. The average Bonchev–Trinajstić information content (AvgIpc) is 3.28. The molecular weight excluding hydrogens is 249 g/mol. The van der Waals surface area contributed by atoms with Crippen LogP contribution in [-0.2, 0) is 11.8 Å². The minimum Gasteiger partial charge on any atom is -0.206 e. The van der Waals surface area contributed by atoms with Gasteiger partial charge in [0.15, 0.2) is 0 Å². The van der Waals surface area contributed by atoms with Crippen molar-refractivity contribution in [1.82, 2.24) is 0 Å². The minimum absolute atomic E-state index is 0.239. The summed E-state index contributed by atoms with van der Waals surface area (Å²) < 4.78 is 14.4. The van der Waals surface area contributed by atoms with Crippen LogP contribution in [0.3, 0.4) is 0 Å². The topological polar surface area (TPSA) is 23.8 Å². The van der Waals surface area contributed by atoms with E-state index in [4.69, 9.17) is 0 Å². The Hall–Kier alpha value is -2.14. The molecule has 0 aromatic heterocycles. The van der Waals surface area contributed by atoms with Gasteiger partial charge >= 0.3 is 0 Å². The molecule has 1 aliphatic rings. The standard InChI is InChI=1S/C18H16FN/c1-2-13-4-3-5-14(10-13)16-7-6-15(11-17(16)19)18(12-20)8-9-18/h3-7,10-11H,2,8-9H2,1H3. The molecule has 0 unspecified atom stereocenters. The number of hydrogen-bond acceptors (Lipinski definition) is 1. The Bertz CT molecular complexity index is 693. The van der Waals surface area contributed by atoms with Crippen LogP contribution < -0.4 is 0 Å². The summed E-state index contributed by atoms with van der Waals surface area (Å²) in [6.45, 7) is 2.09. The maximum absolute atomic E-state index is 14.4. The zero-order valence-corrected chi connectivity index (χ0v) is 11.5.